The van der Waals surface area contributed by atoms with Crippen LogP contribution in [0.3, 0.4) is 0 Å². The summed E-state index contributed by atoms with van der Waals surface area (Å²) in [6.45, 7) is 4.15. The molecule has 63 heavy (non-hydrogen) atoms. The first-order valence-electron chi connectivity index (χ1n) is 27.1. The maximum Gasteiger partial charge on any atom is 0.472 e. The first-order chi connectivity index (χ1) is 30.9. The Morgan fingerprint density at radius 2 is 0.841 bits per heavy atom. The van der Waals surface area contributed by atoms with Crippen molar-refractivity contribution < 1.29 is 28.4 Å². The van der Waals surface area contributed by atoms with E-state index in [1.54, 1.807) is 6.08 Å². The summed E-state index contributed by atoms with van der Waals surface area (Å²) in [6, 6.07) is -0.877. The van der Waals surface area contributed by atoms with E-state index in [0.29, 0.717) is 6.42 Å². The lowest BCUT2D eigenvalue weighted by Crippen LogP contribution is -2.45. The number of nitrogens with two attached hydrogens (primary N) is 1. The Balaban J connectivity index is 4.09. The van der Waals surface area contributed by atoms with Crippen LogP contribution >= 0.6 is 7.82 Å². The topological polar surface area (TPSA) is 131 Å². The minimum Gasteiger partial charge on any atom is -0.387 e. The minimum absolute atomic E-state index is 0.0745. The molecule has 5 N–H and O–H groups in total. The SMILES string of the molecule is CCCCCCCCCC/C=C\CCCCCCCCCCCCCC(=O)NC(COP(=O)(O)OCCN)C(O)/C=C/CC/C=C/CCCCCCCCCCCCCCCCC. The fourth-order valence-corrected chi connectivity index (χ4v) is 8.85. The number of amides is 1. The van der Waals surface area contributed by atoms with Crippen LogP contribution in [0.5, 0.6) is 0 Å². The van der Waals surface area contributed by atoms with Crippen LogP contribution in [0, 0.1) is 0 Å². The van der Waals surface area contributed by atoms with Gasteiger partial charge in [-0.3, -0.25) is 13.8 Å². The van der Waals surface area contributed by atoms with Gasteiger partial charge in [-0.05, 0) is 57.8 Å². The molecule has 0 saturated carbocycles. The first kappa shape index (κ1) is 61.7. The van der Waals surface area contributed by atoms with Gasteiger partial charge in [0.15, 0.2) is 0 Å². The maximum atomic E-state index is 12.8. The molecule has 0 heterocycles. The van der Waals surface area contributed by atoms with E-state index >= 15 is 0 Å². The lowest BCUT2D eigenvalue weighted by molar-refractivity contribution is -0.123. The number of aliphatic hydroxyl groups is 1. The van der Waals surface area contributed by atoms with Gasteiger partial charge in [0.1, 0.15) is 0 Å². The highest BCUT2D eigenvalue weighted by Gasteiger charge is 2.26. The summed E-state index contributed by atoms with van der Waals surface area (Å²) in [5, 5.41) is 13.7. The summed E-state index contributed by atoms with van der Waals surface area (Å²) < 4.78 is 22.2. The lowest BCUT2D eigenvalue weighted by atomic mass is 10.0. The Morgan fingerprint density at radius 1 is 0.508 bits per heavy atom. The lowest BCUT2D eigenvalue weighted by Gasteiger charge is -2.23. The molecule has 3 unspecified atom stereocenters. The van der Waals surface area contributed by atoms with Gasteiger partial charge in [-0.2, -0.15) is 0 Å². The van der Waals surface area contributed by atoms with Gasteiger partial charge < -0.3 is 21.1 Å². The highest BCUT2D eigenvalue weighted by Crippen LogP contribution is 2.43. The van der Waals surface area contributed by atoms with Gasteiger partial charge >= 0.3 is 7.82 Å². The molecule has 372 valence electrons. The van der Waals surface area contributed by atoms with Gasteiger partial charge in [0.25, 0.3) is 0 Å². The molecule has 0 fully saturated rings. The highest BCUT2D eigenvalue weighted by molar-refractivity contribution is 7.47. The van der Waals surface area contributed by atoms with Gasteiger partial charge in [-0.1, -0.05) is 243 Å². The second-order valence-corrected chi connectivity index (χ2v) is 19.9. The predicted octanol–water partition coefficient (Wildman–Crippen LogP) is 16.2. The molecule has 3 atom stereocenters. The van der Waals surface area contributed by atoms with Gasteiger partial charge in [0.05, 0.1) is 25.4 Å². The van der Waals surface area contributed by atoms with Crippen molar-refractivity contribution in [3.05, 3.63) is 36.5 Å². The molecule has 9 heteroatoms. The molecular formula is C54H105N2O6P. The zero-order chi connectivity index (χ0) is 46.0. The number of hydrogen-bond donors (Lipinski definition) is 4. The highest BCUT2D eigenvalue weighted by atomic mass is 31.2. The van der Waals surface area contributed by atoms with E-state index < -0.39 is 20.0 Å². The van der Waals surface area contributed by atoms with Crippen molar-refractivity contribution in [3.8, 4) is 0 Å². The molecule has 0 bridgehead atoms. The summed E-state index contributed by atoms with van der Waals surface area (Å²) >= 11 is 0. The van der Waals surface area contributed by atoms with E-state index in [1.165, 1.54) is 212 Å². The number of unbranched alkanes of at least 4 members (excludes halogenated alkanes) is 35. The van der Waals surface area contributed by atoms with Gasteiger partial charge in [-0.25, -0.2) is 4.57 Å². The van der Waals surface area contributed by atoms with Gasteiger partial charge in [0, 0.05) is 13.0 Å². The number of allylic oxidation sites excluding steroid dienone is 5. The van der Waals surface area contributed by atoms with Crippen LogP contribution in [0.1, 0.15) is 271 Å². The molecule has 0 spiro atoms. The van der Waals surface area contributed by atoms with Crippen molar-refractivity contribution in [2.75, 3.05) is 19.8 Å². The third-order valence-electron chi connectivity index (χ3n) is 12.2. The first-order valence-corrected chi connectivity index (χ1v) is 28.6. The Morgan fingerprint density at radius 3 is 1.22 bits per heavy atom. The third kappa shape index (κ3) is 48.5. The van der Waals surface area contributed by atoms with Gasteiger partial charge in [0.2, 0.25) is 5.91 Å². The van der Waals surface area contributed by atoms with Crippen molar-refractivity contribution in [1.82, 2.24) is 5.32 Å². The van der Waals surface area contributed by atoms with E-state index in [-0.39, 0.29) is 25.7 Å². The smallest absolute Gasteiger partial charge is 0.387 e. The molecule has 8 nitrogen and oxygen atoms in total. The summed E-state index contributed by atoms with van der Waals surface area (Å²) in [7, 11) is -4.35. The number of carbonyl (C=O) groups excluding carboxylic acids is 1. The third-order valence-corrected chi connectivity index (χ3v) is 13.2. The zero-order valence-corrected chi connectivity index (χ0v) is 42.5. The number of rotatable bonds is 51. The van der Waals surface area contributed by atoms with Crippen LogP contribution in [0.25, 0.3) is 0 Å². The van der Waals surface area contributed by atoms with Crippen LogP contribution in [0.2, 0.25) is 0 Å². The fourth-order valence-electron chi connectivity index (χ4n) is 8.09. The molecule has 0 radical (unpaired) electrons. The molecule has 0 saturated heterocycles. The van der Waals surface area contributed by atoms with Crippen molar-refractivity contribution in [2.45, 2.75) is 283 Å². The molecule has 0 aliphatic heterocycles. The molecule has 1 amide bonds. The van der Waals surface area contributed by atoms with Crippen molar-refractivity contribution in [1.29, 1.82) is 0 Å². The normalized spacial score (nSPS) is 14.0. The molecule has 0 aromatic rings. The Kier molecular flexibility index (Phi) is 49.1. The molecule has 0 aromatic heterocycles. The van der Waals surface area contributed by atoms with Crippen molar-refractivity contribution in [3.63, 3.8) is 0 Å². The summed E-state index contributed by atoms with van der Waals surface area (Å²) in [6.07, 6.45) is 62.2. The second-order valence-electron chi connectivity index (χ2n) is 18.4. The number of phosphoric ester groups is 1. The van der Waals surface area contributed by atoms with E-state index in [2.05, 4.69) is 43.5 Å². The van der Waals surface area contributed by atoms with E-state index in [4.69, 9.17) is 14.8 Å². The summed E-state index contributed by atoms with van der Waals surface area (Å²) in [4.78, 5) is 22.8. The number of phosphoric acid groups is 1. The van der Waals surface area contributed by atoms with Crippen LogP contribution in [0.15, 0.2) is 36.5 Å². The quantitative estimate of drug-likeness (QED) is 0.0272. The van der Waals surface area contributed by atoms with Crippen LogP contribution in [-0.4, -0.2) is 47.8 Å². The average Bonchev–Trinajstić information content (AvgIpc) is 3.27. The number of carbonyl (C=O) groups is 1. The Labute approximate surface area is 390 Å². The van der Waals surface area contributed by atoms with E-state index in [0.717, 1.165) is 38.5 Å². The van der Waals surface area contributed by atoms with Crippen LogP contribution in [0.4, 0.5) is 0 Å². The van der Waals surface area contributed by atoms with Gasteiger partial charge in [-0.15, -0.1) is 0 Å². The van der Waals surface area contributed by atoms with Crippen molar-refractivity contribution >= 4 is 13.7 Å². The molecule has 0 aromatic carbocycles. The number of hydrogen-bond acceptors (Lipinski definition) is 6. The van der Waals surface area contributed by atoms with Crippen LogP contribution in [-0.2, 0) is 18.4 Å². The molecular weight excluding hydrogens is 804 g/mol. The second kappa shape index (κ2) is 50.1. The maximum absolute atomic E-state index is 12.8. The number of nitrogens with one attached hydrogen (secondary N) is 1. The minimum atomic E-state index is -4.35. The standard InChI is InChI=1S/C54H105N2O6P/c1-3-5-7-9-11-13-15-17-19-21-23-25-26-28-30-32-34-36-38-40-42-44-46-48-54(58)56-52(51-62-63(59,60)61-50-49-55)53(57)47-45-43-41-39-37-35-33-31-29-27-24-22-20-18-16-14-12-10-8-6-4-2/h21,23,37,39,45,47,52-53,57H,3-20,22,24-36,38,40-44,46,48-51,55H2,1-2H3,(H,56,58)(H,59,60)/b23-21-,39-37+,47-45+. The summed E-state index contributed by atoms with van der Waals surface area (Å²) in [5.41, 5.74) is 5.40. The summed E-state index contributed by atoms with van der Waals surface area (Å²) in [5.74, 6) is -0.201. The molecule has 0 rings (SSSR count). The van der Waals surface area contributed by atoms with E-state index in [9.17, 15) is 19.4 Å². The van der Waals surface area contributed by atoms with E-state index in [1.807, 2.05) is 6.08 Å². The molecule has 0 aliphatic rings. The zero-order valence-electron chi connectivity index (χ0n) is 41.6. The Hall–Kier alpha value is -1.28. The average molecular weight is 909 g/mol. The monoisotopic (exact) mass is 909 g/mol. The van der Waals surface area contributed by atoms with Crippen molar-refractivity contribution in [2.24, 2.45) is 5.73 Å². The van der Waals surface area contributed by atoms with Crippen LogP contribution < -0.4 is 11.1 Å². The Bertz CT molecular complexity index is 1080. The number of aliphatic hydroxyl groups excluding tert-OH is 1. The fraction of sp³-hybridized carbons (Fsp3) is 0.870. The molecule has 0 aliphatic carbocycles. The largest absolute Gasteiger partial charge is 0.472 e. The predicted molar refractivity (Wildman–Crippen MR) is 272 cm³/mol.